The summed E-state index contributed by atoms with van der Waals surface area (Å²) < 4.78 is 0. The van der Waals surface area contributed by atoms with E-state index in [0.29, 0.717) is 10.6 Å². The molecular formula is C9H9ClO3. The van der Waals surface area contributed by atoms with Crippen LogP contribution in [0.25, 0.3) is 0 Å². The number of carboxylic acids is 1. The Balaban J connectivity index is 2.98. The van der Waals surface area contributed by atoms with Crippen LogP contribution >= 0.6 is 11.6 Å². The minimum Gasteiger partial charge on any atom is -0.481 e. The first-order valence-corrected chi connectivity index (χ1v) is 4.12. The molecule has 1 atom stereocenters. The third kappa shape index (κ3) is 2.44. The summed E-state index contributed by atoms with van der Waals surface area (Å²) in [7, 11) is 0. The number of hydrogen-bond acceptors (Lipinski definition) is 2. The van der Waals surface area contributed by atoms with Crippen molar-refractivity contribution in [1.82, 2.24) is 0 Å². The van der Waals surface area contributed by atoms with Crippen molar-refractivity contribution in [3.8, 4) is 0 Å². The maximum Gasteiger partial charge on any atom is 0.313 e. The van der Waals surface area contributed by atoms with Crippen LogP contribution < -0.4 is 0 Å². The fourth-order valence-electron chi connectivity index (χ4n) is 1.05. The van der Waals surface area contributed by atoms with Crippen LogP contribution in [0, 0.1) is 0 Å². The molecule has 13 heavy (non-hydrogen) atoms. The Kier molecular flexibility index (Phi) is 3.28. The van der Waals surface area contributed by atoms with E-state index in [9.17, 15) is 4.79 Å². The van der Waals surface area contributed by atoms with Crippen molar-refractivity contribution in [1.29, 1.82) is 0 Å². The average Bonchev–Trinajstić information content (AvgIpc) is 2.04. The zero-order valence-corrected chi connectivity index (χ0v) is 7.53. The first-order chi connectivity index (χ1) is 6.15. The second-order valence-electron chi connectivity index (χ2n) is 2.63. The van der Waals surface area contributed by atoms with Crippen molar-refractivity contribution in [3.05, 3.63) is 34.9 Å². The molecular weight excluding hydrogens is 192 g/mol. The van der Waals surface area contributed by atoms with E-state index in [1.165, 1.54) is 6.07 Å². The molecule has 0 spiro atoms. The van der Waals surface area contributed by atoms with E-state index < -0.39 is 18.5 Å². The number of rotatable bonds is 3. The lowest BCUT2D eigenvalue weighted by molar-refractivity contribution is -0.139. The lowest BCUT2D eigenvalue weighted by Gasteiger charge is -2.08. The number of halogens is 1. The molecule has 1 rings (SSSR count). The summed E-state index contributed by atoms with van der Waals surface area (Å²) in [6.45, 7) is -0.421. The van der Waals surface area contributed by atoms with E-state index in [1.54, 1.807) is 18.2 Å². The average molecular weight is 201 g/mol. The molecule has 0 fully saturated rings. The Morgan fingerprint density at radius 1 is 1.54 bits per heavy atom. The van der Waals surface area contributed by atoms with Gasteiger partial charge >= 0.3 is 5.97 Å². The molecule has 0 heterocycles. The fourth-order valence-corrected chi connectivity index (χ4v) is 1.25. The fraction of sp³-hybridized carbons (Fsp3) is 0.222. The predicted molar refractivity (Wildman–Crippen MR) is 48.9 cm³/mol. The van der Waals surface area contributed by atoms with Crippen LogP contribution in [-0.4, -0.2) is 22.8 Å². The summed E-state index contributed by atoms with van der Waals surface area (Å²) in [4.78, 5) is 10.6. The van der Waals surface area contributed by atoms with Crippen molar-refractivity contribution in [2.24, 2.45) is 0 Å². The van der Waals surface area contributed by atoms with Crippen LogP contribution in [0.5, 0.6) is 0 Å². The van der Waals surface area contributed by atoms with Gasteiger partial charge in [0.25, 0.3) is 0 Å². The largest absolute Gasteiger partial charge is 0.481 e. The zero-order valence-electron chi connectivity index (χ0n) is 6.77. The summed E-state index contributed by atoms with van der Waals surface area (Å²) >= 11 is 5.68. The highest BCUT2D eigenvalue weighted by Crippen LogP contribution is 2.19. The van der Waals surface area contributed by atoms with E-state index in [-0.39, 0.29) is 0 Å². The Morgan fingerprint density at radius 2 is 2.23 bits per heavy atom. The van der Waals surface area contributed by atoms with Gasteiger partial charge in [0.05, 0.1) is 6.61 Å². The Bertz CT molecular complexity index is 311. The number of carbonyl (C=O) groups is 1. The highest BCUT2D eigenvalue weighted by Gasteiger charge is 2.18. The highest BCUT2D eigenvalue weighted by molar-refractivity contribution is 6.30. The van der Waals surface area contributed by atoms with Gasteiger partial charge in [-0.05, 0) is 17.7 Å². The number of hydrogen-bond donors (Lipinski definition) is 2. The third-order valence-electron chi connectivity index (χ3n) is 1.73. The van der Waals surface area contributed by atoms with Crippen molar-refractivity contribution in [3.63, 3.8) is 0 Å². The van der Waals surface area contributed by atoms with Gasteiger partial charge in [-0.25, -0.2) is 0 Å². The van der Waals surface area contributed by atoms with E-state index in [4.69, 9.17) is 21.8 Å². The van der Waals surface area contributed by atoms with Crippen LogP contribution in [0.3, 0.4) is 0 Å². The lowest BCUT2D eigenvalue weighted by Crippen LogP contribution is -2.15. The number of benzene rings is 1. The molecule has 0 aromatic heterocycles. The maximum atomic E-state index is 10.6. The van der Waals surface area contributed by atoms with E-state index in [2.05, 4.69) is 0 Å². The van der Waals surface area contributed by atoms with Crippen molar-refractivity contribution in [2.45, 2.75) is 5.92 Å². The van der Waals surface area contributed by atoms with Crippen LogP contribution in [0.4, 0.5) is 0 Å². The molecule has 0 aliphatic rings. The molecule has 70 valence electrons. The van der Waals surface area contributed by atoms with Crippen molar-refractivity contribution < 1.29 is 15.0 Å². The molecule has 4 heteroatoms. The number of aliphatic hydroxyl groups excluding tert-OH is 1. The van der Waals surface area contributed by atoms with Gasteiger partial charge in [-0.15, -0.1) is 0 Å². The first kappa shape index (κ1) is 10.0. The van der Waals surface area contributed by atoms with Gasteiger partial charge in [-0.3, -0.25) is 4.79 Å². The molecule has 0 unspecified atom stereocenters. The molecule has 0 saturated carbocycles. The molecule has 0 radical (unpaired) electrons. The van der Waals surface area contributed by atoms with Crippen LogP contribution in [0.15, 0.2) is 24.3 Å². The quantitative estimate of drug-likeness (QED) is 0.778. The summed E-state index contributed by atoms with van der Waals surface area (Å²) in [5.41, 5.74) is 0.516. The van der Waals surface area contributed by atoms with Gasteiger partial charge in [0.2, 0.25) is 0 Å². The van der Waals surface area contributed by atoms with Gasteiger partial charge in [0.1, 0.15) is 5.92 Å². The number of aliphatic carboxylic acids is 1. The molecule has 0 aliphatic carbocycles. The minimum absolute atomic E-state index is 0.421. The predicted octanol–water partition coefficient (Wildman–Crippen LogP) is 1.50. The normalized spacial score (nSPS) is 12.5. The van der Waals surface area contributed by atoms with E-state index >= 15 is 0 Å². The van der Waals surface area contributed by atoms with E-state index in [0.717, 1.165) is 0 Å². The summed E-state index contributed by atoms with van der Waals surface area (Å²) in [5.74, 6) is -1.94. The topological polar surface area (TPSA) is 57.5 Å². The molecule has 1 aromatic rings. The lowest BCUT2D eigenvalue weighted by atomic mass is 10.0. The van der Waals surface area contributed by atoms with Crippen LogP contribution in [0.2, 0.25) is 5.02 Å². The summed E-state index contributed by atoms with van der Waals surface area (Å²) in [6.07, 6.45) is 0. The zero-order chi connectivity index (χ0) is 9.84. The molecule has 2 N–H and O–H groups in total. The second kappa shape index (κ2) is 4.25. The smallest absolute Gasteiger partial charge is 0.313 e. The third-order valence-corrected chi connectivity index (χ3v) is 1.97. The molecule has 0 bridgehead atoms. The first-order valence-electron chi connectivity index (χ1n) is 3.74. The van der Waals surface area contributed by atoms with Crippen molar-refractivity contribution >= 4 is 17.6 Å². The van der Waals surface area contributed by atoms with Gasteiger partial charge < -0.3 is 10.2 Å². The second-order valence-corrected chi connectivity index (χ2v) is 3.06. The number of carboxylic acid groups (broad SMARTS) is 1. The molecule has 0 saturated heterocycles. The van der Waals surface area contributed by atoms with Crippen molar-refractivity contribution in [2.75, 3.05) is 6.61 Å². The van der Waals surface area contributed by atoms with Gasteiger partial charge in [-0.1, -0.05) is 23.7 Å². The summed E-state index contributed by atoms with van der Waals surface area (Å²) in [6, 6.07) is 6.47. The SMILES string of the molecule is O=C(O)[C@H](CO)c1cccc(Cl)c1. The Labute approximate surface area is 80.6 Å². The monoisotopic (exact) mass is 200 g/mol. The number of aliphatic hydroxyl groups is 1. The minimum atomic E-state index is -1.05. The Morgan fingerprint density at radius 3 is 2.69 bits per heavy atom. The van der Waals surface area contributed by atoms with Gasteiger partial charge in [0.15, 0.2) is 0 Å². The standard InChI is InChI=1S/C9H9ClO3/c10-7-3-1-2-6(4-7)8(5-11)9(12)13/h1-4,8,11H,5H2,(H,12,13)/t8-/m1/s1. The molecule has 1 aromatic carbocycles. The van der Waals surface area contributed by atoms with E-state index in [1.807, 2.05) is 0 Å². The maximum absolute atomic E-state index is 10.6. The van der Waals surface area contributed by atoms with Crippen LogP contribution in [0.1, 0.15) is 11.5 Å². The molecule has 0 aliphatic heterocycles. The molecule has 3 nitrogen and oxygen atoms in total. The van der Waals surface area contributed by atoms with Gasteiger partial charge in [0, 0.05) is 5.02 Å². The van der Waals surface area contributed by atoms with Crippen LogP contribution in [-0.2, 0) is 4.79 Å². The summed E-state index contributed by atoms with van der Waals surface area (Å²) in [5, 5.41) is 18.0. The Hall–Kier alpha value is -1.06. The molecule has 0 amide bonds. The van der Waals surface area contributed by atoms with Gasteiger partial charge in [-0.2, -0.15) is 0 Å². The highest BCUT2D eigenvalue weighted by atomic mass is 35.5.